The molecular weight excluding hydrogens is 403 g/mol. The van der Waals surface area contributed by atoms with Gasteiger partial charge in [-0.2, -0.15) is 0 Å². The van der Waals surface area contributed by atoms with E-state index in [1.807, 2.05) is 24.0 Å². The summed E-state index contributed by atoms with van der Waals surface area (Å²) in [6.07, 6.45) is 2.26. The topological polar surface area (TPSA) is 41.6 Å². The first-order chi connectivity index (χ1) is 12.8. The van der Waals surface area contributed by atoms with Crippen LogP contribution in [0.4, 0.5) is 0 Å². The fraction of sp³-hybridized carbons (Fsp3) is 0.500. The predicted octanol–water partition coefficient (Wildman–Crippen LogP) is 5.29. The van der Waals surface area contributed by atoms with Gasteiger partial charge in [0.15, 0.2) is 16.6 Å². The number of nitrogens with zero attached hydrogens (tertiary/aromatic N) is 1. The van der Waals surface area contributed by atoms with Crippen LogP contribution >= 0.6 is 35.4 Å². The number of hydrogen-bond acceptors (Lipinski definition) is 3. The number of allylic oxidation sites excluding steroid dienone is 1. The Bertz CT molecular complexity index is 784. The largest absolute Gasteiger partial charge is 0.490 e. The third kappa shape index (κ3) is 4.10. The summed E-state index contributed by atoms with van der Waals surface area (Å²) < 4.78 is 5.76. The number of rotatable bonds is 5. The van der Waals surface area contributed by atoms with Crippen LogP contribution < -0.4 is 10.1 Å². The second-order valence-electron chi connectivity index (χ2n) is 7.28. The molecule has 1 atom stereocenters. The van der Waals surface area contributed by atoms with Crippen molar-refractivity contribution < 1.29 is 9.53 Å². The van der Waals surface area contributed by atoms with E-state index >= 15 is 0 Å². The molecule has 2 aliphatic rings. The van der Waals surface area contributed by atoms with Crippen molar-refractivity contribution in [3.63, 3.8) is 0 Å². The van der Waals surface area contributed by atoms with Gasteiger partial charge < -0.3 is 15.0 Å². The summed E-state index contributed by atoms with van der Waals surface area (Å²) in [6, 6.07) is 3.30. The zero-order valence-electron chi connectivity index (χ0n) is 15.8. The first-order valence-corrected chi connectivity index (χ1v) is 10.5. The molecule has 1 unspecified atom stereocenters. The van der Waals surface area contributed by atoms with E-state index in [-0.39, 0.29) is 11.8 Å². The van der Waals surface area contributed by atoms with Gasteiger partial charge in [0, 0.05) is 24.2 Å². The van der Waals surface area contributed by atoms with E-state index in [9.17, 15) is 4.79 Å². The maximum absolute atomic E-state index is 12.7. The van der Waals surface area contributed by atoms with Crippen LogP contribution in [-0.4, -0.2) is 28.9 Å². The predicted molar refractivity (Wildman–Crippen MR) is 114 cm³/mol. The molecular formula is C20H24Cl2N2O2S. The summed E-state index contributed by atoms with van der Waals surface area (Å²) in [4.78, 5) is 14.8. The van der Waals surface area contributed by atoms with E-state index in [4.69, 9.17) is 40.2 Å². The summed E-state index contributed by atoms with van der Waals surface area (Å²) in [5, 5.41) is 4.81. The van der Waals surface area contributed by atoms with Gasteiger partial charge in [-0.05, 0) is 55.6 Å². The molecule has 1 aromatic carbocycles. The number of carbonyl (C=O) groups excluding carboxylic acids is 1. The fourth-order valence-electron chi connectivity index (χ4n) is 3.57. The Morgan fingerprint density at radius 2 is 1.96 bits per heavy atom. The van der Waals surface area contributed by atoms with Crippen LogP contribution in [0.3, 0.4) is 0 Å². The van der Waals surface area contributed by atoms with Crippen molar-refractivity contribution >= 4 is 46.3 Å². The Labute approximate surface area is 175 Å². The molecule has 1 aliphatic heterocycles. The summed E-state index contributed by atoms with van der Waals surface area (Å²) in [5.74, 6) is 0.998. The lowest BCUT2D eigenvalue weighted by atomic mass is 9.85. The molecule has 0 spiro atoms. The Morgan fingerprint density at radius 3 is 2.56 bits per heavy atom. The van der Waals surface area contributed by atoms with Crippen LogP contribution in [0, 0.1) is 5.92 Å². The summed E-state index contributed by atoms with van der Waals surface area (Å²) in [7, 11) is 0. The molecule has 7 heteroatoms. The average molecular weight is 427 g/mol. The second-order valence-corrected chi connectivity index (χ2v) is 8.48. The first kappa shape index (κ1) is 20.4. The van der Waals surface area contributed by atoms with Crippen LogP contribution in [0.2, 0.25) is 10.0 Å². The quantitative estimate of drug-likeness (QED) is 0.647. The smallest absolute Gasteiger partial charge is 0.173 e. The Kier molecular flexibility index (Phi) is 6.34. The van der Waals surface area contributed by atoms with Gasteiger partial charge in [0.05, 0.1) is 22.7 Å². The lowest BCUT2D eigenvalue weighted by molar-refractivity contribution is -0.116. The number of halogens is 2. The van der Waals surface area contributed by atoms with Gasteiger partial charge in [-0.1, -0.05) is 37.0 Å². The maximum atomic E-state index is 12.7. The molecule has 4 nitrogen and oxygen atoms in total. The molecule has 146 valence electrons. The first-order valence-electron chi connectivity index (χ1n) is 9.29. The van der Waals surface area contributed by atoms with Crippen LogP contribution in [0.1, 0.15) is 51.6 Å². The molecule has 0 amide bonds. The number of carbonyl (C=O) groups is 1. The molecule has 0 saturated heterocycles. The number of ether oxygens (including phenoxy) is 1. The number of nitrogens with one attached hydrogen (secondary N) is 1. The second kappa shape index (κ2) is 8.38. The van der Waals surface area contributed by atoms with Crippen molar-refractivity contribution in [1.29, 1.82) is 0 Å². The molecule has 1 aromatic rings. The highest BCUT2D eigenvalue weighted by atomic mass is 35.5. The van der Waals surface area contributed by atoms with Crippen molar-refractivity contribution in [1.82, 2.24) is 10.2 Å². The normalized spacial score (nSPS) is 20.1. The van der Waals surface area contributed by atoms with Crippen LogP contribution in [0.15, 0.2) is 23.4 Å². The van der Waals surface area contributed by atoms with E-state index in [0.717, 1.165) is 36.2 Å². The molecule has 0 saturated carbocycles. The number of Topliss-reactive ketones (excluding diaryl/α,β-unsaturated/α-hetero) is 1. The summed E-state index contributed by atoms with van der Waals surface area (Å²) in [5.41, 5.74) is 2.62. The molecule has 0 fully saturated rings. The lowest BCUT2D eigenvalue weighted by Gasteiger charge is -2.40. The van der Waals surface area contributed by atoms with E-state index in [1.54, 1.807) is 0 Å². The third-order valence-corrected chi connectivity index (χ3v) is 5.69. The van der Waals surface area contributed by atoms with Gasteiger partial charge in [0.2, 0.25) is 0 Å². The minimum absolute atomic E-state index is 0.155. The van der Waals surface area contributed by atoms with E-state index in [0.29, 0.717) is 39.9 Å². The van der Waals surface area contributed by atoms with E-state index < -0.39 is 0 Å². The molecule has 1 heterocycles. The van der Waals surface area contributed by atoms with Crippen LogP contribution in [-0.2, 0) is 4.79 Å². The van der Waals surface area contributed by atoms with E-state index in [2.05, 4.69) is 19.2 Å². The molecule has 27 heavy (non-hydrogen) atoms. The third-order valence-electron chi connectivity index (χ3n) is 4.79. The SMILES string of the molecule is CCN1C(=S)NC(c2cc(Cl)c(OCC(C)C)c(Cl)c2)C2=C1CCCC2=O. The van der Waals surface area contributed by atoms with Crippen molar-refractivity contribution in [3.8, 4) is 5.75 Å². The van der Waals surface area contributed by atoms with Gasteiger partial charge in [0.1, 0.15) is 0 Å². The fourth-order valence-corrected chi connectivity index (χ4v) is 4.54. The molecule has 0 radical (unpaired) electrons. The molecule has 1 aliphatic carbocycles. The highest BCUT2D eigenvalue weighted by Gasteiger charge is 2.37. The minimum Gasteiger partial charge on any atom is -0.490 e. The van der Waals surface area contributed by atoms with Crippen molar-refractivity contribution in [2.75, 3.05) is 13.2 Å². The summed E-state index contributed by atoms with van der Waals surface area (Å²) in [6.45, 7) is 7.42. The van der Waals surface area contributed by atoms with Crippen LogP contribution in [0.25, 0.3) is 0 Å². The molecule has 0 aromatic heterocycles. The maximum Gasteiger partial charge on any atom is 0.173 e. The van der Waals surface area contributed by atoms with E-state index in [1.165, 1.54) is 0 Å². The number of ketones is 1. The van der Waals surface area contributed by atoms with Crippen molar-refractivity contribution in [2.24, 2.45) is 5.92 Å². The van der Waals surface area contributed by atoms with Gasteiger partial charge in [0.25, 0.3) is 0 Å². The van der Waals surface area contributed by atoms with Crippen LogP contribution in [0.5, 0.6) is 5.75 Å². The van der Waals surface area contributed by atoms with Crippen molar-refractivity contribution in [3.05, 3.63) is 39.0 Å². The van der Waals surface area contributed by atoms with Gasteiger partial charge in [-0.15, -0.1) is 0 Å². The zero-order valence-corrected chi connectivity index (χ0v) is 18.1. The minimum atomic E-state index is -0.336. The molecule has 3 rings (SSSR count). The number of thiocarbonyl (C=S) groups is 1. The highest BCUT2D eigenvalue weighted by molar-refractivity contribution is 7.80. The Balaban J connectivity index is 2.02. The Hall–Kier alpha value is -1.30. The van der Waals surface area contributed by atoms with Gasteiger partial charge in [-0.25, -0.2) is 0 Å². The highest BCUT2D eigenvalue weighted by Crippen LogP contribution is 2.41. The summed E-state index contributed by atoms with van der Waals surface area (Å²) >= 11 is 18.5. The molecule has 0 bridgehead atoms. The number of hydrogen-bond donors (Lipinski definition) is 1. The Morgan fingerprint density at radius 1 is 1.30 bits per heavy atom. The average Bonchev–Trinajstić information content (AvgIpc) is 2.60. The monoisotopic (exact) mass is 426 g/mol. The van der Waals surface area contributed by atoms with Gasteiger partial charge >= 0.3 is 0 Å². The standard InChI is InChI=1S/C20H24Cl2N2O2S/c1-4-24-15-6-5-7-16(25)17(15)18(23-20(24)27)12-8-13(21)19(14(22)9-12)26-10-11(2)3/h8-9,11,18H,4-7,10H2,1-3H3,(H,23,27). The van der Waals surface area contributed by atoms with Crippen molar-refractivity contribution in [2.45, 2.75) is 46.1 Å². The lowest BCUT2D eigenvalue weighted by Crippen LogP contribution is -2.49. The van der Waals surface area contributed by atoms with Gasteiger partial charge in [-0.3, -0.25) is 4.79 Å². The number of benzene rings is 1. The zero-order chi connectivity index (χ0) is 19.7. The molecule has 1 N–H and O–H groups in total.